The number of ether oxygens (including phenoxy) is 1. The van der Waals surface area contributed by atoms with Gasteiger partial charge in [0.2, 0.25) is 0 Å². The number of carbonyl (C=O) groups is 1. The molecular weight excluding hydrogens is 173 g/mol. The minimum Gasteiger partial charge on any atom is -0.465 e. The number of hydrogen-bond donors (Lipinski definition) is 0. The van der Waals surface area contributed by atoms with Crippen molar-refractivity contribution in [1.29, 1.82) is 5.26 Å². The Morgan fingerprint density at radius 3 is 2.77 bits per heavy atom. The van der Waals surface area contributed by atoms with Crippen molar-refractivity contribution < 1.29 is 13.9 Å². The molecule has 0 saturated heterocycles. The van der Waals surface area contributed by atoms with Crippen LogP contribution < -0.4 is 0 Å². The summed E-state index contributed by atoms with van der Waals surface area (Å²) in [5, 5.41) is 8.40. The summed E-state index contributed by atoms with van der Waals surface area (Å²) in [5.74, 6) is -1.34. The molecule has 66 valence electrons. The van der Waals surface area contributed by atoms with Crippen LogP contribution in [0.25, 0.3) is 0 Å². The molecule has 0 aliphatic carbocycles. The number of rotatable bonds is 1. The van der Waals surface area contributed by atoms with E-state index >= 15 is 0 Å². The summed E-state index contributed by atoms with van der Waals surface area (Å²) < 4.78 is 17.3. The van der Waals surface area contributed by atoms with Crippen LogP contribution in [0, 0.1) is 17.1 Å². The number of benzene rings is 1. The Bertz CT molecular complexity index is 382. The van der Waals surface area contributed by atoms with E-state index in [-0.39, 0.29) is 11.1 Å². The fraction of sp³-hybridized carbons (Fsp3) is 0.111. The zero-order valence-corrected chi connectivity index (χ0v) is 6.87. The average molecular weight is 179 g/mol. The van der Waals surface area contributed by atoms with Crippen molar-refractivity contribution in [2.24, 2.45) is 0 Å². The molecule has 0 aliphatic rings. The predicted octanol–water partition coefficient (Wildman–Crippen LogP) is 1.48. The first kappa shape index (κ1) is 9.20. The lowest BCUT2D eigenvalue weighted by Crippen LogP contribution is -2.01. The lowest BCUT2D eigenvalue weighted by Gasteiger charge is -1.99. The molecule has 1 aromatic carbocycles. The summed E-state index contributed by atoms with van der Waals surface area (Å²) in [6.07, 6.45) is 0. The molecule has 13 heavy (non-hydrogen) atoms. The summed E-state index contributed by atoms with van der Waals surface area (Å²) >= 11 is 0. The quantitative estimate of drug-likeness (QED) is 0.613. The van der Waals surface area contributed by atoms with Gasteiger partial charge in [-0.15, -0.1) is 0 Å². The third-order valence-electron chi connectivity index (χ3n) is 1.51. The van der Waals surface area contributed by atoms with E-state index in [1.54, 1.807) is 6.07 Å². The van der Waals surface area contributed by atoms with Crippen LogP contribution in [0.4, 0.5) is 4.39 Å². The molecule has 0 fully saturated rings. The Morgan fingerprint density at radius 1 is 1.62 bits per heavy atom. The zero-order valence-electron chi connectivity index (χ0n) is 6.87. The molecule has 0 spiro atoms. The Kier molecular flexibility index (Phi) is 2.60. The van der Waals surface area contributed by atoms with Gasteiger partial charge in [-0.3, -0.25) is 0 Å². The van der Waals surface area contributed by atoms with Crippen LogP contribution in [0.5, 0.6) is 0 Å². The van der Waals surface area contributed by atoms with Crippen molar-refractivity contribution in [2.45, 2.75) is 0 Å². The van der Waals surface area contributed by atoms with Gasteiger partial charge in [-0.25, -0.2) is 9.18 Å². The predicted molar refractivity (Wildman–Crippen MR) is 42.5 cm³/mol. The van der Waals surface area contributed by atoms with Gasteiger partial charge in [0.1, 0.15) is 11.9 Å². The van der Waals surface area contributed by atoms with Crippen molar-refractivity contribution in [3.05, 3.63) is 35.1 Å². The van der Waals surface area contributed by atoms with Crippen LogP contribution >= 0.6 is 0 Å². The van der Waals surface area contributed by atoms with Gasteiger partial charge < -0.3 is 4.74 Å². The van der Waals surface area contributed by atoms with Crippen molar-refractivity contribution >= 4 is 5.97 Å². The average Bonchev–Trinajstić information content (AvgIpc) is 2.16. The SMILES string of the molecule is COC(=O)c1ccc(C#N)c(F)c1. The van der Waals surface area contributed by atoms with Crippen LogP contribution in [-0.2, 0) is 4.74 Å². The van der Waals surface area contributed by atoms with E-state index in [0.29, 0.717) is 0 Å². The number of halogens is 1. The molecule has 0 saturated carbocycles. The number of esters is 1. The summed E-state index contributed by atoms with van der Waals surface area (Å²) in [7, 11) is 1.21. The number of hydrogen-bond acceptors (Lipinski definition) is 3. The minimum atomic E-state index is -0.717. The summed E-state index contributed by atoms with van der Waals surface area (Å²) in [6.45, 7) is 0. The second kappa shape index (κ2) is 3.68. The summed E-state index contributed by atoms with van der Waals surface area (Å²) in [5.41, 5.74) is 0.00616. The van der Waals surface area contributed by atoms with Gasteiger partial charge in [0, 0.05) is 0 Å². The molecule has 0 bridgehead atoms. The highest BCUT2D eigenvalue weighted by Crippen LogP contribution is 2.09. The van der Waals surface area contributed by atoms with Crippen LogP contribution in [0.1, 0.15) is 15.9 Å². The van der Waals surface area contributed by atoms with E-state index in [1.807, 2.05) is 0 Å². The second-order valence-electron chi connectivity index (χ2n) is 2.30. The first-order chi connectivity index (χ1) is 6.19. The van der Waals surface area contributed by atoms with E-state index in [1.165, 1.54) is 19.2 Å². The number of nitriles is 1. The Morgan fingerprint density at radius 2 is 2.31 bits per heavy atom. The largest absolute Gasteiger partial charge is 0.465 e. The maximum absolute atomic E-state index is 12.9. The second-order valence-corrected chi connectivity index (χ2v) is 2.30. The minimum absolute atomic E-state index is 0.0901. The summed E-state index contributed by atoms with van der Waals surface area (Å²) in [6, 6.07) is 5.21. The van der Waals surface area contributed by atoms with Gasteiger partial charge in [-0.05, 0) is 18.2 Å². The fourth-order valence-corrected chi connectivity index (χ4v) is 0.851. The molecule has 0 radical (unpaired) electrons. The van der Waals surface area contributed by atoms with E-state index in [9.17, 15) is 9.18 Å². The van der Waals surface area contributed by atoms with E-state index in [4.69, 9.17) is 5.26 Å². The van der Waals surface area contributed by atoms with Gasteiger partial charge in [0.25, 0.3) is 0 Å². The molecule has 3 nitrogen and oxygen atoms in total. The molecule has 0 aliphatic heterocycles. The first-order valence-corrected chi connectivity index (χ1v) is 3.47. The van der Waals surface area contributed by atoms with E-state index < -0.39 is 11.8 Å². The standard InChI is InChI=1S/C9H6FNO2/c1-13-9(12)6-2-3-7(5-11)8(10)4-6/h2-4H,1H3. The van der Waals surface area contributed by atoms with Crippen LogP contribution in [0.15, 0.2) is 18.2 Å². The van der Waals surface area contributed by atoms with Gasteiger partial charge >= 0.3 is 5.97 Å². The topological polar surface area (TPSA) is 50.1 Å². The third-order valence-corrected chi connectivity index (χ3v) is 1.51. The highest BCUT2D eigenvalue weighted by molar-refractivity contribution is 5.89. The maximum atomic E-state index is 12.9. The van der Waals surface area contributed by atoms with Crippen LogP contribution in [-0.4, -0.2) is 13.1 Å². The third kappa shape index (κ3) is 1.82. The van der Waals surface area contributed by atoms with Crippen molar-refractivity contribution in [2.75, 3.05) is 7.11 Å². The first-order valence-electron chi connectivity index (χ1n) is 3.47. The molecular formula is C9H6FNO2. The highest BCUT2D eigenvalue weighted by atomic mass is 19.1. The molecule has 1 aromatic rings. The van der Waals surface area contributed by atoms with Crippen LogP contribution in [0.3, 0.4) is 0 Å². The monoisotopic (exact) mass is 179 g/mol. The smallest absolute Gasteiger partial charge is 0.337 e. The van der Waals surface area contributed by atoms with Crippen molar-refractivity contribution in [3.8, 4) is 6.07 Å². The number of nitrogens with zero attached hydrogens (tertiary/aromatic N) is 1. The Hall–Kier alpha value is -1.89. The van der Waals surface area contributed by atoms with Gasteiger partial charge in [0.15, 0.2) is 0 Å². The normalized spacial score (nSPS) is 9.00. The molecule has 1 rings (SSSR count). The zero-order chi connectivity index (χ0) is 9.84. The Balaban J connectivity index is 3.11. The van der Waals surface area contributed by atoms with E-state index in [2.05, 4.69) is 4.74 Å². The lowest BCUT2D eigenvalue weighted by molar-refractivity contribution is 0.0600. The molecule has 0 heterocycles. The van der Waals surface area contributed by atoms with Gasteiger partial charge in [-0.1, -0.05) is 0 Å². The van der Waals surface area contributed by atoms with Crippen molar-refractivity contribution in [3.63, 3.8) is 0 Å². The molecule has 0 amide bonds. The molecule has 0 unspecified atom stereocenters. The van der Waals surface area contributed by atoms with Gasteiger partial charge in [0.05, 0.1) is 18.2 Å². The van der Waals surface area contributed by atoms with Crippen LogP contribution in [0.2, 0.25) is 0 Å². The molecule has 0 aromatic heterocycles. The van der Waals surface area contributed by atoms with Gasteiger partial charge in [-0.2, -0.15) is 5.26 Å². The number of methoxy groups -OCH3 is 1. The molecule has 4 heteroatoms. The molecule has 0 atom stereocenters. The fourth-order valence-electron chi connectivity index (χ4n) is 0.851. The van der Waals surface area contributed by atoms with Crippen molar-refractivity contribution in [1.82, 2.24) is 0 Å². The highest BCUT2D eigenvalue weighted by Gasteiger charge is 2.08. The lowest BCUT2D eigenvalue weighted by atomic mass is 10.1. The number of carbonyl (C=O) groups excluding carboxylic acids is 1. The molecule has 0 N–H and O–H groups in total. The summed E-state index contributed by atoms with van der Waals surface area (Å²) in [4.78, 5) is 10.9. The Labute approximate surface area is 74.4 Å². The van der Waals surface area contributed by atoms with E-state index in [0.717, 1.165) is 6.07 Å². The maximum Gasteiger partial charge on any atom is 0.337 e.